The maximum Gasteiger partial charge on any atom is 0.0805 e. The lowest BCUT2D eigenvalue weighted by molar-refractivity contribution is 0.0203. The van der Waals surface area contributed by atoms with E-state index in [2.05, 4.69) is 4.36 Å². The standard InChI is InChI=1S/C17H25NO2S/c1-18-21(20,15-9-5-2-6-10-15)13-17(19)11-7-3-4-8-14-12-16(14)17/h2,5-6,9-10,14,16,19H,3-4,7-8,11-13H2,1H3/t14-,16+,17+,21?/m0/s1. The molecule has 2 aliphatic carbocycles. The van der Waals surface area contributed by atoms with Crippen LogP contribution in [0, 0.1) is 11.8 Å². The molecule has 2 saturated carbocycles. The van der Waals surface area contributed by atoms with E-state index in [1.807, 2.05) is 30.3 Å². The Balaban J connectivity index is 1.88. The Morgan fingerprint density at radius 1 is 1.29 bits per heavy atom. The SMILES string of the molecule is CN=S(=O)(C[C@]1(O)CCCCC[C@H]2C[C@H]21)c1ccccc1. The van der Waals surface area contributed by atoms with Gasteiger partial charge < -0.3 is 5.11 Å². The van der Waals surface area contributed by atoms with Crippen molar-refractivity contribution in [3.05, 3.63) is 30.3 Å². The van der Waals surface area contributed by atoms with Crippen LogP contribution < -0.4 is 0 Å². The average Bonchev–Trinajstić information content (AvgIpc) is 3.26. The van der Waals surface area contributed by atoms with Crippen LogP contribution in [0.25, 0.3) is 0 Å². The van der Waals surface area contributed by atoms with Crippen LogP contribution in [0.5, 0.6) is 0 Å². The lowest BCUT2D eigenvalue weighted by atomic mass is 9.88. The summed E-state index contributed by atoms with van der Waals surface area (Å²) in [7, 11) is -0.906. The van der Waals surface area contributed by atoms with E-state index < -0.39 is 15.3 Å². The van der Waals surface area contributed by atoms with Crippen LogP contribution in [0.15, 0.2) is 39.6 Å². The van der Waals surface area contributed by atoms with Crippen LogP contribution in [-0.2, 0) is 9.73 Å². The summed E-state index contributed by atoms with van der Waals surface area (Å²) in [4.78, 5) is 0.750. The third-order valence-corrected chi connectivity index (χ3v) is 7.64. The number of rotatable bonds is 3. The highest BCUT2D eigenvalue weighted by atomic mass is 32.2. The van der Waals surface area contributed by atoms with Gasteiger partial charge in [0.25, 0.3) is 0 Å². The highest BCUT2D eigenvalue weighted by molar-refractivity contribution is 7.93. The van der Waals surface area contributed by atoms with Gasteiger partial charge in [-0.1, -0.05) is 43.9 Å². The van der Waals surface area contributed by atoms with Gasteiger partial charge >= 0.3 is 0 Å². The Morgan fingerprint density at radius 2 is 2.05 bits per heavy atom. The number of aliphatic hydroxyl groups is 1. The Labute approximate surface area is 128 Å². The van der Waals surface area contributed by atoms with Crippen molar-refractivity contribution in [1.82, 2.24) is 0 Å². The highest BCUT2D eigenvalue weighted by Crippen LogP contribution is 2.53. The van der Waals surface area contributed by atoms with E-state index in [0.717, 1.165) is 24.2 Å². The summed E-state index contributed by atoms with van der Waals surface area (Å²) in [5.41, 5.74) is -0.794. The summed E-state index contributed by atoms with van der Waals surface area (Å²) >= 11 is 0. The first-order valence-electron chi connectivity index (χ1n) is 7.98. The predicted molar refractivity (Wildman–Crippen MR) is 85.7 cm³/mol. The Kier molecular flexibility index (Phi) is 4.10. The van der Waals surface area contributed by atoms with Gasteiger partial charge in [-0.25, -0.2) is 8.57 Å². The molecule has 1 aromatic carbocycles. The van der Waals surface area contributed by atoms with E-state index in [9.17, 15) is 9.32 Å². The van der Waals surface area contributed by atoms with Gasteiger partial charge in [0.15, 0.2) is 0 Å². The highest BCUT2D eigenvalue weighted by Gasteiger charge is 2.52. The van der Waals surface area contributed by atoms with Gasteiger partial charge in [0.2, 0.25) is 0 Å². The van der Waals surface area contributed by atoms with Crippen molar-refractivity contribution >= 4 is 9.73 Å². The second-order valence-electron chi connectivity index (χ2n) is 6.59. The van der Waals surface area contributed by atoms with Crippen LogP contribution in [0.3, 0.4) is 0 Å². The molecule has 0 aliphatic heterocycles. The number of hydrogen-bond acceptors (Lipinski definition) is 3. The molecule has 0 bridgehead atoms. The Morgan fingerprint density at radius 3 is 2.76 bits per heavy atom. The zero-order chi connectivity index (χ0) is 14.9. The summed E-state index contributed by atoms with van der Waals surface area (Å²) in [6.07, 6.45) is 6.60. The van der Waals surface area contributed by atoms with Crippen molar-refractivity contribution in [1.29, 1.82) is 0 Å². The first-order valence-corrected chi connectivity index (χ1v) is 9.66. The van der Waals surface area contributed by atoms with Gasteiger partial charge in [0.05, 0.1) is 21.1 Å². The summed E-state index contributed by atoms with van der Waals surface area (Å²) in [5, 5.41) is 11.2. The van der Waals surface area contributed by atoms with Crippen LogP contribution in [-0.4, -0.2) is 27.7 Å². The largest absolute Gasteiger partial charge is 0.389 e. The van der Waals surface area contributed by atoms with Gasteiger partial charge in [-0.15, -0.1) is 0 Å². The minimum Gasteiger partial charge on any atom is -0.389 e. The fourth-order valence-electron chi connectivity index (χ4n) is 3.83. The molecule has 2 aliphatic rings. The zero-order valence-corrected chi connectivity index (χ0v) is 13.5. The molecule has 1 aromatic rings. The molecule has 2 fully saturated rings. The summed E-state index contributed by atoms with van der Waals surface area (Å²) in [6.45, 7) is 0. The minimum atomic E-state index is -2.52. The molecular formula is C17H25NO2S. The van der Waals surface area contributed by atoms with E-state index in [-0.39, 0.29) is 0 Å². The third-order valence-electron chi connectivity index (χ3n) is 5.15. The van der Waals surface area contributed by atoms with Crippen LogP contribution >= 0.6 is 0 Å². The van der Waals surface area contributed by atoms with Gasteiger partial charge in [-0.05, 0) is 36.8 Å². The fraction of sp³-hybridized carbons (Fsp3) is 0.647. The average molecular weight is 307 g/mol. The van der Waals surface area contributed by atoms with Crippen molar-refractivity contribution in [3.8, 4) is 0 Å². The quantitative estimate of drug-likeness (QED) is 0.929. The topological polar surface area (TPSA) is 49.7 Å². The third kappa shape index (κ3) is 3.02. The molecule has 3 nitrogen and oxygen atoms in total. The minimum absolute atomic E-state index is 0.293. The molecular weight excluding hydrogens is 282 g/mol. The lowest BCUT2D eigenvalue weighted by Crippen LogP contribution is -2.40. The number of hydrogen-bond donors (Lipinski definition) is 1. The molecule has 0 radical (unpaired) electrons. The summed E-state index contributed by atoms with van der Waals surface area (Å²) in [5.74, 6) is 1.28. The first-order chi connectivity index (χ1) is 10.1. The van der Waals surface area contributed by atoms with Crippen molar-refractivity contribution in [3.63, 3.8) is 0 Å². The van der Waals surface area contributed by atoms with Gasteiger partial charge in [-0.2, -0.15) is 0 Å². The number of nitrogens with zero attached hydrogens (tertiary/aromatic N) is 1. The molecule has 0 saturated heterocycles. The molecule has 116 valence electrons. The molecule has 1 unspecified atom stereocenters. The monoisotopic (exact) mass is 307 g/mol. The van der Waals surface area contributed by atoms with Crippen LogP contribution in [0.4, 0.5) is 0 Å². The molecule has 4 atom stereocenters. The second-order valence-corrected chi connectivity index (χ2v) is 8.99. The maximum absolute atomic E-state index is 13.3. The summed E-state index contributed by atoms with van der Waals surface area (Å²) in [6, 6.07) is 9.43. The van der Waals surface area contributed by atoms with Gasteiger partial charge in [0, 0.05) is 11.9 Å². The van der Waals surface area contributed by atoms with Gasteiger partial charge in [-0.3, -0.25) is 0 Å². The van der Waals surface area contributed by atoms with Crippen molar-refractivity contribution < 1.29 is 9.32 Å². The van der Waals surface area contributed by atoms with Gasteiger partial charge in [0.1, 0.15) is 0 Å². The smallest absolute Gasteiger partial charge is 0.0805 e. The van der Waals surface area contributed by atoms with E-state index in [1.54, 1.807) is 7.05 Å². The molecule has 3 rings (SSSR count). The van der Waals surface area contributed by atoms with Crippen molar-refractivity contribution in [2.45, 2.75) is 49.0 Å². The molecule has 21 heavy (non-hydrogen) atoms. The molecule has 4 heteroatoms. The van der Waals surface area contributed by atoms with Crippen LogP contribution in [0.1, 0.15) is 38.5 Å². The lowest BCUT2D eigenvalue weighted by Gasteiger charge is -2.31. The fourth-order valence-corrected chi connectivity index (χ4v) is 5.95. The molecule has 0 amide bonds. The summed E-state index contributed by atoms with van der Waals surface area (Å²) < 4.78 is 17.5. The molecule has 0 spiro atoms. The zero-order valence-electron chi connectivity index (χ0n) is 12.7. The van der Waals surface area contributed by atoms with Crippen LogP contribution in [0.2, 0.25) is 0 Å². The number of fused-ring (bicyclic) bond motifs is 1. The first kappa shape index (κ1) is 15.0. The second kappa shape index (κ2) is 5.73. The maximum atomic E-state index is 13.3. The van der Waals surface area contributed by atoms with Crippen molar-refractivity contribution in [2.75, 3.05) is 12.8 Å². The van der Waals surface area contributed by atoms with E-state index in [4.69, 9.17) is 0 Å². The molecule has 0 heterocycles. The van der Waals surface area contributed by atoms with Crippen molar-refractivity contribution in [2.24, 2.45) is 16.2 Å². The van der Waals surface area contributed by atoms with E-state index in [0.29, 0.717) is 17.6 Å². The Hall–Kier alpha value is -0.870. The van der Waals surface area contributed by atoms with E-state index >= 15 is 0 Å². The normalized spacial score (nSPS) is 35.0. The number of benzene rings is 1. The predicted octanol–water partition coefficient (Wildman–Crippen LogP) is 3.47. The Bertz CT molecular complexity index is 606. The van der Waals surface area contributed by atoms with E-state index in [1.165, 1.54) is 19.3 Å². The molecule has 1 N–H and O–H groups in total. The molecule has 0 aromatic heterocycles.